The van der Waals surface area contributed by atoms with Crippen LogP contribution in [0, 0.1) is 23.2 Å². The Morgan fingerprint density at radius 3 is 2.60 bits per heavy atom. The first-order chi connectivity index (χ1) is 4.74. The molecule has 3 unspecified atom stereocenters. The maximum atomic E-state index is 8.77. The predicted molar refractivity (Wildman–Crippen MR) is 39.6 cm³/mol. The number of halogens is 1. The normalized spacial score (nSPS) is 51.2. The molecular formula is C8H10ClN. The van der Waals surface area contributed by atoms with Crippen molar-refractivity contribution in [3.8, 4) is 6.07 Å². The molecule has 0 aliphatic heterocycles. The Balaban J connectivity index is 2.24. The van der Waals surface area contributed by atoms with Crippen LogP contribution in [-0.2, 0) is 0 Å². The molecule has 2 saturated carbocycles. The molecule has 1 nitrogen and oxygen atoms in total. The van der Waals surface area contributed by atoms with E-state index in [0.717, 1.165) is 12.3 Å². The molecule has 2 heteroatoms. The van der Waals surface area contributed by atoms with E-state index in [2.05, 4.69) is 6.07 Å². The first-order valence-electron chi connectivity index (χ1n) is 3.85. The van der Waals surface area contributed by atoms with Gasteiger partial charge in [0.05, 0.1) is 6.07 Å². The molecule has 2 bridgehead atoms. The second-order valence-electron chi connectivity index (χ2n) is 3.55. The molecule has 0 aromatic heterocycles. The molecule has 2 aliphatic carbocycles. The van der Waals surface area contributed by atoms with Crippen molar-refractivity contribution >= 4 is 11.6 Å². The average molecular weight is 156 g/mol. The van der Waals surface area contributed by atoms with E-state index in [1.54, 1.807) is 0 Å². The second-order valence-corrected chi connectivity index (χ2v) is 4.23. The van der Waals surface area contributed by atoms with Crippen LogP contribution in [0.25, 0.3) is 0 Å². The molecule has 0 amide bonds. The lowest BCUT2D eigenvalue weighted by Gasteiger charge is -2.23. The monoisotopic (exact) mass is 155 g/mol. The molecule has 0 saturated heterocycles. The fraction of sp³-hybridized carbons (Fsp3) is 0.875. The van der Waals surface area contributed by atoms with Crippen LogP contribution in [0.3, 0.4) is 0 Å². The minimum Gasteiger partial charge on any atom is -0.196 e. The maximum absolute atomic E-state index is 8.77. The van der Waals surface area contributed by atoms with Gasteiger partial charge in [-0.3, -0.25) is 0 Å². The van der Waals surface area contributed by atoms with E-state index in [4.69, 9.17) is 16.9 Å². The van der Waals surface area contributed by atoms with Crippen molar-refractivity contribution in [3.63, 3.8) is 0 Å². The summed E-state index contributed by atoms with van der Waals surface area (Å²) < 4.78 is 0. The van der Waals surface area contributed by atoms with Crippen LogP contribution in [0.15, 0.2) is 0 Å². The van der Waals surface area contributed by atoms with E-state index in [1.165, 1.54) is 19.3 Å². The van der Waals surface area contributed by atoms with Crippen LogP contribution >= 0.6 is 11.6 Å². The third kappa shape index (κ3) is 0.689. The molecule has 0 heterocycles. The summed E-state index contributed by atoms with van der Waals surface area (Å²) in [5, 5.41) is 8.77. The van der Waals surface area contributed by atoms with Gasteiger partial charge < -0.3 is 0 Å². The van der Waals surface area contributed by atoms with Crippen LogP contribution in [-0.4, -0.2) is 4.87 Å². The number of hydrogen-bond donors (Lipinski definition) is 0. The van der Waals surface area contributed by atoms with Crippen molar-refractivity contribution in [2.45, 2.75) is 30.6 Å². The molecule has 54 valence electrons. The van der Waals surface area contributed by atoms with Gasteiger partial charge in [0.15, 0.2) is 0 Å². The van der Waals surface area contributed by atoms with Crippen LogP contribution in [0.2, 0.25) is 0 Å². The highest BCUT2D eigenvalue weighted by Crippen LogP contribution is 2.53. The van der Waals surface area contributed by atoms with E-state index >= 15 is 0 Å². The highest BCUT2D eigenvalue weighted by atomic mass is 35.5. The number of nitriles is 1. The van der Waals surface area contributed by atoms with E-state index < -0.39 is 4.87 Å². The summed E-state index contributed by atoms with van der Waals surface area (Å²) in [4.78, 5) is -0.469. The fourth-order valence-corrected chi connectivity index (χ4v) is 2.82. The highest BCUT2D eigenvalue weighted by molar-refractivity contribution is 6.26. The summed E-state index contributed by atoms with van der Waals surface area (Å²) in [6.45, 7) is 0. The standard InChI is InChI=1S/C8H10ClN/c9-8(5-10)4-6-1-2-7(8)3-6/h6-7H,1-4H2. The van der Waals surface area contributed by atoms with Gasteiger partial charge in [0.1, 0.15) is 4.87 Å². The molecule has 0 aromatic carbocycles. The lowest BCUT2D eigenvalue weighted by molar-refractivity contribution is 0.429. The van der Waals surface area contributed by atoms with Crippen molar-refractivity contribution in [3.05, 3.63) is 0 Å². The van der Waals surface area contributed by atoms with Gasteiger partial charge in [-0.25, -0.2) is 0 Å². The van der Waals surface area contributed by atoms with Crippen molar-refractivity contribution in [1.82, 2.24) is 0 Å². The highest BCUT2D eigenvalue weighted by Gasteiger charge is 2.50. The summed E-state index contributed by atoms with van der Waals surface area (Å²) in [7, 11) is 0. The number of rotatable bonds is 0. The molecule has 2 aliphatic rings. The van der Waals surface area contributed by atoms with Gasteiger partial charge in [-0.1, -0.05) is 0 Å². The fourth-order valence-electron chi connectivity index (χ4n) is 2.40. The Hall–Kier alpha value is -0.220. The van der Waals surface area contributed by atoms with Crippen molar-refractivity contribution in [2.24, 2.45) is 11.8 Å². The van der Waals surface area contributed by atoms with Gasteiger partial charge in [-0.05, 0) is 37.5 Å². The first-order valence-corrected chi connectivity index (χ1v) is 4.22. The molecule has 3 atom stereocenters. The lowest BCUT2D eigenvalue weighted by atomic mass is 9.89. The van der Waals surface area contributed by atoms with Gasteiger partial charge in [0.2, 0.25) is 0 Å². The summed E-state index contributed by atoms with van der Waals surface area (Å²) in [5.74, 6) is 1.27. The van der Waals surface area contributed by atoms with E-state index in [-0.39, 0.29) is 0 Å². The lowest BCUT2D eigenvalue weighted by Crippen LogP contribution is -2.26. The topological polar surface area (TPSA) is 23.8 Å². The van der Waals surface area contributed by atoms with Gasteiger partial charge in [-0.2, -0.15) is 5.26 Å². The Kier molecular flexibility index (Phi) is 1.22. The molecule has 2 rings (SSSR count). The zero-order chi connectivity index (χ0) is 7.19. The molecule has 0 radical (unpaired) electrons. The van der Waals surface area contributed by atoms with Crippen molar-refractivity contribution in [2.75, 3.05) is 0 Å². The van der Waals surface area contributed by atoms with Gasteiger partial charge in [0.25, 0.3) is 0 Å². The number of alkyl halides is 1. The summed E-state index contributed by atoms with van der Waals surface area (Å²) >= 11 is 6.09. The second kappa shape index (κ2) is 1.89. The number of fused-ring (bicyclic) bond motifs is 2. The van der Waals surface area contributed by atoms with Crippen LogP contribution in [0.4, 0.5) is 0 Å². The smallest absolute Gasteiger partial charge is 0.134 e. The SMILES string of the molecule is N#CC1(Cl)CC2CCC1C2. The minimum atomic E-state index is -0.469. The van der Waals surface area contributed by atoms with E-state index in [9.17, 15) is 0 Å². The third-order valence-electron chi connectivity index (χ3n) is 2.96. The van der Waals surface area contributed by atoms with Gasteiger partial charge >= 0.3 is 0 Å². The summed E-state index contributed by atoms with van der Waals surface area (Å²) in [6, 6.07) is 2.24. The quantitative estimate of drug-likeness (QED) is 0.493. The largest absolute Gasteiger partial charge is 0.196 e. The van der Waals surface area contributed by atoms with Crippen LogP contribution < -0.4 is 0 Å². The van der Waals surface area contributed by atoms with E-state index in [0.29, 0.717) is 5.92 Å². The zero-order valence-corrected chi connectivity index (χ0v) is 6.56. The molecule has 0 spiro atoms. The molecular weight excluding hydrogens is 146 g/mol. The van der Waals surface area contributed by atoms with Crippen LogP contribution in [0.5, 0.6) is 0 Å². The van der Waals surface area contributed by atoms with Crippen molar-refractivity contribution < 1.29 is 0 Å². The number of nitrogens with zero attached hydrogens (tertiary/aromatic N) is 1. The Labute approximate surface area is 66.0 Å². The zero-order valence-electron chi connectivity index (χ0n) is 5.81. The summed E-state index contributed by atoms with van der Waals surface area (Å²) in [5.41, 5.74) is 0. The third-order valence-corrected chi connectivity index (χ3v) is 3.51. The van der Waals surface area contributed by atoms with Gasteiger partial charge in [0, 0.05) is 0 Å². The number of hydrogen-bond acceptors (Lipinski definition) is 1. The first kappa shape index (κ1) is 6.49. The maximum Gasteiger partial charge on any atom is 0.134 e. The molecule has 0 N–H and O–H groups in total. The van der Waals surface area contributed by atoms with Crippen LogP contribution in [0.1, 0.15) is 25.7 Å². The molecule has 0 aromatic rings. The Morgan fingerprint density at radius 2 is 2.30 bits per heavy atom. The Bertz CT molecular complexity index is 196. The molecule has 2 fully saturated rings. The van der Waals surface area contributed by atoms with Gasteiger partial charge in [-0.15, -0.1) is 11.6 Å². The summed E-state index contributed by atoms with van der Waals surface area (Å²) in [6.07, 6.45) is 4.63. The molecule has 10 heavy (non-hydrogen) atoms. The minimum absolute atomic E-state index is 0.469. The van der Waals surface area contributed by atoms with E-state index in [1.807, 2.05) is 0 Å². The average Bonchev–Trinajstić information content (AvgIpc) is 2.46. The van der Waals surface area contributed by atoms with Crippen molar-refractivity contribution in [1.29, 1.82) is 5.26 Å². The predicted octanol–water partition coefficient (Wildman–Crippen LogP) is 2.31. The Morgan fingerprint density at radius 1 is 1.50 bits per heavy atom.